The molecule has 24 heavy (non-hydrogen) atoms. The number of halogens is 1. The summed E-state index contributed by atoms with van der Waals surface area (Å²) in [7, 11) is 0. The van der Waals surface area contributed by atoms with Gasteiger partial charge in [-0.3, -0.25) is 9.79 Å². The van der Waals surface area contributed by atoms with E-state index in [9.17, 15) is 25.2 Å². The highest BCUT2D eigenvalue weighted by Gasteiger charge is 2.16. The normalized spacial score (nSPS) is 11.1. The summed E-state index contributed by atoms with van der Waals surface area (Å²) >= 11 is 6.12. The molecule has 0 saturated carbocycles. The lowest BCUT2D eigenvalue weighted by Crippen LogP contribution is -2.04. The number of benzene rings is 2. The maximum absolute atomic E-state index is 12.1. The number of carbonyl (C=O) groups is 1. The van der Waals surface area contributed by atoms with Crippen LogP contribution in [0.15, 0.2) is 23.2 Å². The number of rotatable bonds is 4. The van der Waals surface area contributed by atoms with Crippen molar-refractivity contribution in [3.05, 3.63) is 45.5 Å². The summed E-state index contributed by atoms with van der Waals surface area (Å²) in [4.78, 5) is 16.0. The molecule has 0 aliphatic carbocycles. The van der Waals surface area contributed by atoms with E-state index in [2.05, 4.69) is 4.99 Å². The molecule has 2 aromatic rings. The topological polar surface area (TPSA) is 110 Å². The number of Topliss-reactive ketones (excluding diaryl/α,β-unsaturated/α-hetero) is 1. The highest BCUT2D eigenvalue weighted by molar-refractivity contribution is 6.32. The van der Waals surface area contributed by atoms with Crippen molar-refractivity contribution in [1.82, 2.24) is 0 Å². The Morgan fingerprint density at radius 1 is 1.12 bits per heavy atom. The van der Waals surface area contributed by atoms with Crippen molar-refractivity contribution in [1.29, 1.82) is 0 Å². The first-order valence-electron chi connectivity index (χ1n) is 6.99. The van der Waals surface area contributed by atoms with Crippen LogP contribution in [0.1, 0.15) is 27.0 Å². The van der Waals surface area contributed by atoms with E-state index in [1.165, 1.54) is 18.3 Å². The summed E-state index contributed by atoms with van der Waals surface area (Å²) in [5.74, 6) is -2.55. The van der Waals surface area contributed by atoms with E-state index in [0.29, 0.717) is 16.1 Å². The molecule has 0 heterocycles. The van der Waals surface area contributed by atoms with Crippen molar-refractivity contribution >= 4 is 23.6 Å². The molecule has 0 aliphatic heterocycles. The molecule has 0 aromatic heterocycles. The van der Waals surface area contributed by atoms with Crippen LogP contribution >= 0.6 is 11.6 Å². The van der Waals surface area contributed by atoms with Crippen LogP contribution in [-0.2, 0) is 0 Å². The van der Waals surface area contributed by atoms with Gasteiger partial charge in [0.05, 0.1) is 5.56 Å². The Morgan fingerprint density at radius 2 is 1.79 bits per heavy atom. The smallest absolute Gasteiger partial charge is 0.201 e. The number of phenols is 4. The lowest BCUT2D eigenvalue weighted by atomic mass is 10.0. The van der Waals surface area contributed by atoms with Crippen molar-refractivity contribution in [2.75, 3.05) is 6.54 Å². The highest BCUT2D eigenvalue weighted by Crippen LogP contribution is 2.37. The van der Waals surface area contributed by atoms with Crippen LogP contribution in [0.25, 0.3) is 0 Å². The first kappa shape index (κ1) is 17.6. The summed E-state index contributed by atoms with van der Waals surface area (Å²) in [6.07, 6.45) is 1.32. The van der Waals surface area contributed by atoms with Crippen molar-refractivity contribution in [3.63, 3.8) is 0 Å². The minimum Gasteiger partial charge on any atom is -0.507 e. The van der Waals surface area contributed by atoms with E-state index in [1.54, 1.807) is 13.8 Å². The number of hydrogen-bond acceptors (Lipinski definition) is 6. The summed E-state index contributed by atoms with van der Waals surface area (Å²) < 4.78 is 0. The number of aryl methyl sites for hydroxylation is 1. The van der Waals surface area contributed by atoms with Gasteiger partial charge in [0.15, 0.2) is 17.3 Å². The van der Waals surface area contributed by atoms with E-state index in [-0.39, 0.29) is 17.9 Å². The van der Waals surface area contributed by atoms with Crippen LogP contribution < -0.4 is 0 Å². The lowest BCUT2D eigenvalue weighted by molar-refractivity contribution is 0.0999. The van der Waals surface area contributed by atoms with E-state index >= 15 is 0 Å². The third kappa shape index (κ3) is 3.28. The molecular weight excluding hydrogens is 334 g/mol. The molecule has 126 valence electrons. The zero-order valence-electron chi connectivity index (χ0n) is 13.0. The Labute approximate surface area is 143 Å². The van der Waals surface area contributed by atoms with Crippen molar-refractivity contribution < 1.29 is 25.2 Å². The highest BCUT2D eigenvalue weighted by atomic mass is 35.5. The van der Waals surface area contributed by atoms with Gasteiger partial charge in [-0.15, -0.1) is 0 Å². The Bertz CT molecular complexity index is 846. The van der Waals surface area contributed by atoms with Gasteiger partial charge in [0.1, 0.15) is 12.3 Å². The SMILES string of the molecule is Cc1cc(O)c(C=NCC(=O)c2ccc(O)c(O)c2O)c(C)c1Cl. The average Bonchev–Trinajstić information content (AvgIpc) is 2.53. The monoisotopic (exact) mass is 349 g/mol. The molecule has 7 heteroatoms. The first-order chi connectivity index (χ1) is 11.2. The molecular formula is C17H16ClNO5. The Morgan fingerprint density at radius 3 is 2.46 bits per heavy atom. The molecule has 0 amide bonds. The number of carbonyl (C=O) groups excluding carboxylic acids is 1. The molecule has 0 atom stereocenters. The molecule has 0 saturated heterocycles. The predicted octanol–water partition coefficient (Wildman–Crippen LogP) is 3.08. The zero-order chi connectivity index (χ0) is 18.0. The molecule has 0 spiro atoms. The summed E-state index contributed by atoms with van der Waals surface area (Å²) in [6.45, 7) is 3.17. The fraction of sp³-hybridized carbons (Fsp3) is 0.176. The van der Waals surface area contributed by atoms with Gasteiger partial charge in [0.2, 0.25) is 5.75 Å². The maximum atomic E-state index is 12.1. The Balaban J connectivity index is 2.23. The average molecular weight is 350 g/mol. The Kier molecular flexibility index (Phi) is 4.99. The van der Waals surface area contributed by atoms with Gasteiger partial charge in [-0.05, 0) is 43.2 Å². The van der Waals surface area contributed by atoms with Gasteiger partial charge >= 0.3 is 0 Å². The molecule has 0 unspecified atom stereocenters. The largest absolute Gasteiger partial charge is 0.507 e. The van der Waals surface area contributed by atoms with Gasteiger partial charge in [-0.25, -0.2) is 0 Å². The zero-order valence-corrected chi connectivity index (χ0v) is 13.8. The van der Waals surface area contributed by atoms with Crippen molar-refractivity contribution in [2.45, 2.75) is 13.8 Å². The third-order valence-corrected chi connectivity index (χ3v) is 4.18. The Hall–Kier alpha value is -2.73. The second kappa shape index (κ2) is 6.80. The minimum absolute atomic E-state index is 0.00396. The van der Waals surface area contributed by atoms with Crippen LogP contribution in [0, 0.1) is 13.8 Å². The van der Waals surface area contributed by atoms with E-state index < -0.39 is 23.0 Å². The molecule has 0 aliphatic rings. The van der Waals surface area contributed by atoms with Crippen LogP contribution in [0.4, 0.5) is 0 Å². The van der Waals surface area contributed by atoms with Gasteiger partial charge in [-0.1, -0.05) is 11.6 Å². The second-order valence-electron chi connectivity index (χ2n) is 5.29. The van der Waals surface area contributed by atoms with E-state index in [0.717, 1.165) is 11.6 Å². The van der Waals surface area contributed by atoms with Gasteiger partial charge in [0.25, 0.3) is 0 Å². The molecule has 2 aromatic carbocycles. The van der Waals surface area contributed by atoms with Crippen LogP contribution in [0.5, 0.6) is 23.0 Å². The number of phenolic OH excluding ortho intramolecular Hbond substituents is 4. The number of ketones is 1. The predicted molar refractivity (Wildman–Crippen MR) is 90.8 cm³/mol. The number of nitrogens with zero attached hydrogens (tertiary/aromatic N) is 1. The summed E-state index contributed by atoms with van der Waals surface area (Å²) in [5, 5.41) is 38.8. The van der Waals surface area contributed by atoms with Crippen LogP contribution in [0.3, 0.4) is 0 Å². The van der Waals surface area contributed by atoms with Crippen molar-refractivity contribution in [3.8, 4) is 23.0 Å². The van der Waals surface area contributed by atoms with E-state index in [1.807, 2.05) is 0 Å². The van der Waals surface area contributed by atoms with E-state index in [4.69, 9.17) is 11.6 Å². The summed E-state index contributed by atoms with van der Waals surface area (Å²) in [5.41, 5.74) is 1.60. The quantitative estimate of drug-likeness (QED) is 0.385. The van der Waals surface area contributed by atoms with Gasteiger partial charge < -0.3 is 20.4 Å². The first-order valence-corrected chi connectivity index (χ1v) is 7.37. The summed E-state index contributed by atoms with van der Waals surface area (Å²) in [6, 6.07) is 3.79. The lowest BCUT2D eigenvalue weighted by Gasteiger charge is -2.09. The fourth-order valence-electron chi connectivity index (χ4n) is 2.21. The fourth-order valence-corrected chi connectivity index (χ4v) is 2.37. The maximum Gasteiger partial charge on any atom is 0.201 e. The van der Waals surface area contributed by atoms with Gasteiger partial charge in [-0.2, -0.15) is 0 Å². The number of aliphatic imine (C=N–C) groups is 1. The standard InChI is InChI=1S/C17H16ClNO5/c1-8-5-13(21)11(9(2)15(8)18)6-19-7-14(22)10-3-4-12(20)17(24)16(10)23/h3-6,20-21,23-24H,7H2,1-2H3. The van der Waals surface area contributed by atoms with Crippen LogP contribution in [-0.4, -0.2) is 39.0 Å². The molecule has 0 fully saturated rings. The minimum atomic E-state index is -0.761. The van der Waals surface area contributed by atoms with Crippen molar-refractivity contribution in [2.24, 2.45) is 4.99 Å². The molecule has 6 nitrogen and oxygen atoms in total. The molecule has 2 rings (SSSR count). The van der Waals surface area contributed by atoms with Gasteiger partial charge in [0, 0.05) is 16.8 Å². The van der Waals surface area contributed by atoms with Crippen LogP contribution in [0.2, 0.25) is 5.02 Å². The number of aromatic hydroxyl groups is 4. The number of hydrogen-bond donors (Lipinski definition) is 4. The molecule has 0 radical (unpaired) electrons. The molecule has 4 N–H and O–H groups in total. The molecule has 0 bridgehead atoms. The third-order valence-electron chi connectivity index (χ3n) is 3.59. The second-order valence-corrected chi connectivity index (χ2v) is 5.67.